The lowest BCUT2D eigenvalue weighted by Gasteiger charge is -1.81. The third-order valence-corrected chi connectivity index (χ3v) is 1.19. The van der Waals surface area contributed by atoms with Gasteiger partial charge in [-0.3, -0.25) is 0 Å². The first-order valence-corrected chi connectivity index (χ1v) is 2.45. The molecular weight excluding hydrogens is 104 g/mol. The van der Waals surface area contributed by atoms with Crippen LogP contribution in [0.15, 0.2) is 12.4 Å². The number of fused-ring (bicyclic) bond motifs is 1. The van der Waals surface area contributed by atoms with Crippen molar-refractivity contribution in [2.45, 2.75) is 6.61 Å². The van der Waals surface area contributed by atoms with Gasteiger partial charge >= 0.3 is 0 Å². The van der Waals surface area contributed by atoms with Gasteiger partial charge in [-0.25, -0.2) is 4.84 Å². The largest absolute Gasteiger partial charge is 0.365 e. The highest BCUT2D eigenvalue weighted by molar-refractivity contribution is 5.42. The van der Waals surface area contributed by atoms with Gasteiger partial charge < -0.3 is 4.98 Å². The molecule has 0 saturated carbocycles. The topological polar surface area (TPSA) is 39.1 Å². The highest BCUT2D eigenvalue weighted by atomic mass is 16.6. The van der Waals surface area contributed by atoms with E-state index in [-0.39, 0.29) is 0 Å². The molecule has 0 fully saturated rings. The van der Waals surface area contributed by atoms with Gasteiger partial charge in [0.2, 0.25) is 0 Å². The first kappa shape index (κ1) is 3.97. The minimum atomic E-state index is 0.624. The zero-order valence-electron chi connectivity index (χ0n) is 4.22. The number of nitrogens with zero attached hydrogens (tertiary/aromatic N) is 1. The molecule has 8 heavy (non-hydrogen) atoms. The summed E-state index contributed by atoms with van der Waals surface area (Å²) in [5.74, 6) is 0. The number of aromatic amines is 1. The van der Waals surface area contributed by atoms with Crippen LogP contribution in [0.5, 0.6) is 0 Å². The third-order valence-electron chi connectivity index (χ3n) is 1.19. The van der Waals surface area contributed by atoms with Gasteiger partial charge in [-0.05, 0) is 0 Å². The Morgan fingerprint density at radius 3 is 3.50 bits per heavy atom. The molecule has 1 radical (unpaired) electrons. The predicted molar refractivity (Wildman–Crippen MR) is 27.4 cm³/mol. The third kappa shape index (κ3) is 0.364. The van der Waals surface area contributed by atoms with Crippen molar-refractivity contribution in [3.05, 3.63) is 18.0 Å². The Balaban J connectivity index is 2.54. The standard InChI is InChI=1S/C5H5N2O/c1-4-3-8-7-5(4)2-6-1/h1-2,6H,3H2. The summed E-state index contributed by atoms with van der Waals surface area (Å²) in [7, 11) is 0. The number of aromatic nitrogens is 1. The Bertz CT molecular complexity index is 176. The molecule has 41 valence electrons. The van der Waals surface area contributed by atoms with Crippen molar-refractivity contribution in [2.24, 2.45) is 0 Å². The second-order valence-electron chi connectivity index (χ2n) is 1.73. The highest BCUT2D eigenvalue weighted by Crippen LogP contribution is 2.20. The van der Waals surface area contributed by atoms with E-state index in [1.807, 2.05) is 12.4 Å². The summed E-state index contributed by atoms with van der Waals surface area (Å²) in [5, 5.41) is 0. The molecule has 3 nitrogen and oxygen atoms in total. The Morgan fingerprint density at radius 2 is 2.62 bits per heavy atom. The molecular formula is C5H5N2O. The Labute approximate surface area is 46.6 Å². The molecule has 0 unspecified atom stereocenters. The molecule has 0 atom stereocenters. The number of rotatable bonds is 0. The first-order valence-electron chi connectivity index (χ1n) is 2.45. The van der Waals surface area contributed by atoms with Crippen LogP contribution in [0.4, 0.5) is 5.69 Å². The van der Waals surface area contributed by atoms with Gasteiger partial charge in [-0.15, -0.1) is 5.48 Å². The number of H-pyrrole nitrogens is 1. The van der Waals surface area contributed by atoms with Crippen molar-refractivity contribution in [1.82, 2.24) is 10.5 Å². The monoisotopic (exact) mass is 109 g/mol. The van der Waals surface area contributed by atoms with Gasteiger partial charge in [0.1, 0.15) is 12.3 Å². The molecule has 0 amide bonds. The molecule has 0 bridgehead atoms. The average molecular weight is 109 g/mol. The smallest absolute Gasteiger partial charge is 0.114 e. The molecule has 2 heterocycles. The van der Waals surface area contributed by atoms with E-state index in [4.69, 9.17) is 4.84 Å². The van der Waals surface area contributed by atoms with Gasteiger partial charge in [0, 0.05) is 18.0 Å². The van der Waals surface area contributed by atoms with Crippen LogP contribution < -0.4 is 5.48 Å². The fourth-order valence-corrected chi connectivity index (χ4v) is 0.760. The molecule has 2 rings (SSSR count). The Morgan fingerprint density at radius 1 is 1.62 bits per heavy atom. The fourth-order valence-electron chi connectivity index (χ4n) is 0.760. The van der Waals surface area contributed by atoms with Crippen molar-refractivity contribution in [1.29, 1.82) is 0 Å². The van der Waals surface area contributed by atoms with E-state index in [1.54, 1.807) is 0 Å². The summed E-state index contributed by atoms with van der Waals surface area (Å²) in [5.41, 5.74) is 5.81. The Hall–Kier alpha value is -0.960. The quantitative estimate of drug-likeness (QED) is 0.523. The zero-order chi connectivity index (χ0) is 5.40. The summed E-state index contributed by atoms with van der Waals surface area (Å²) < 4.78 is 0. The van der Waals surface area contributed by atoms with Crippen LogP contribution in [-0.2, 0) is 11.4 Å². The fraction of sp³-hybridized carbons (Fsp3) is 0.200. The van der Waals surface area contributed by atoms with E-state index in [2.05, 4.69) is 10.5 Å². The molecule has 1 N–H and O–H groups in total. The lowest BCUT2D eigenvalue weighted by Crippen LogP contribution is -1.85. The van der Waals surface area contributed by atoms with E-state index in [0.29, 0.717) is 6.61 Å². The second kappa shape index (κ2) is 1.26. The molecule has 1 aromatic rings. The maximum atomic E-state index is 4.76. The van der Waals surface area contributed by atoms with Crippen molar-refractivity contribution in [2.75, 3.05) is 0 Å². The number of nitrogens with one attached hydrogen (secondary N) is 1. The minimum absolute atomic E-state index is 0.624. The molecule has 1 aliphatic heterocycles. The summed E-state index contributed by atoms with van der Waals surface area (Å²) >= 11 is 0. The molecule has 3 heteroatoms. The second-order valence-corrected chi connectivity index (χ2v) is 1.73. The van der Waals surface area contributed by atoms with Crippen molar-refractivity contribution in [3.8, 4) is 0 Å². The van der Waals surface area contributed by atoms with E-state index in [9.17, 15) is 0 Å². The zero-order valence-corrected chi connectivity index (χ0v) is 4.22. The number of hydrogen-bond acceptors (Lipinski definition) is 1. The van der Waals surface area contributed by atoms with Crippen molar-refractivity contribution < 1.29 is 4.84 Å². The summed E-state index contributed by atoms with van der Waals surface area (Å²) in [4.78, 5) is 7.69. The van der Waals surface area contributed by atoms with Crippen LogP contribution in [0.25, 0.3) is 0 Å². The van der Waals surface area contributed by atoms with Crippen LogP contribution in [0, 0.1) is 0 Å². The summed E-state index contributed by atoms with van der Waals surface area (Å²) in [6.07, 6.45) is 3.72. The summed E-state index contributed by atoms with van der Waals surface area (Å²) in [6.45, 7) is 0.624. The average Bonchev–Trinajstić information content (AvgIpc) is 2.15. The molecule has 0 saturated heterocycles. The molecule has 0 spiro atoms. The van der Waals surface area contributed by atoms with E-state index >= 15 is 0 Å². The molecule has 0 aromatic carbocycles. The SMILES string of the molecule is c1[nH]cc2c1CO[N]2. The minimum Gasteiger partial charge on any atom is -0.365 e. The van der Waals surface area contributed by atoms with Crippen LogP contribution in [0.2, 0.25) is 0 Å². The molecule has 1 aliphatic rings. The normalized spacial score (nSPS) is 15.5. The van der Waals surface area contributed by atoms with E-state index in [0.717, 1.165) is 11.3 Å². The van der Waals surface area contributed by atoms with Crippen molar-refractivity contribution >= 4 is 5.69 Å². The van der Waals surface area contributed by atoms with Gasteiger partial charge in [0.25, 0.3) is 0 Å². The molecule has 0 aliphatic carbocycles. The predicted octanol–water partition coefficient (Wildman–Crippen LogP) is 0.696. The van der Waals surface area contributed by atoms with Crippen LogP contribution in [-0.4, -0.2) is 4.98 Å². The maximum absolute atomic E-state index is 4.76. The van der Waals surface area contributed by atoms with Gasteiger partial charge in [-0.1, -0.05) is 0 Å². The van der Waals surface area contributed by atoms with Crippen LogP contribution in [0.1, 0.15) is 5.56 Å². The lowest BCUT2D eigenvalue weighted by molar-refractivity contribution is 0.0781. The van der Waals surface area contributed by atoms with Gasteiger partial charge in [-0.2, -0.15) is 0 Å². The number of hydrogen-bond donors (Lipinski definition) is 1. The lowest BCUT2D eigenvalue weighted by atomic mass is 10.3. The highest BCUT2D eigenvalue weighted by Gasteiger charge is 2.11. The van der Waals surface area contributed by atoms with Gasteiger partial charge in [0.05, 0.1) is 0 Å². The van der Waals surface area contributed by atoms with E-state index < -0.39 is 0 Å². The maximum Gasteiger partial charge on any atom is 0.114 e. The first-order chi connectivity index (χ1) is 3.97. The van der Waals surface area contributed by atoms with Crippen LogP contribution >= 0.6 is 0 Å². The van der Waals surface area contributed by atoms with Gasteiger partial charge in [0.15, 0.2) is 0 Å². The Kier molecular flexibility index (Phi) is 0.625. The summed E-state index contributed by atoms with van der Waals surface area (Å²) in [6, 6.07) is 0. The van der Waals surface area contributed by atoms with Crippen molar-refractivity contribution in [3.63, 3.8) is 0 Å². The molecule has 1 aromatic heterocycles. The van der Waals surface area contributed by atoms with Crippen LogP contribution in [0.3, 0.4) is 0 Å². The van der Waals surface area contributed by atoms with E-state index in [1.165, 1.54) is 0 Å².